The highest BCUT2D eigenvalue weighted by atomic mass is 79.9. The summed E-state index contributed by atoms with van der Waals surface area (Å²) in [4.78, 5) is 17.7. The first-order valence-electron chi connectivity index (χ1n) is 9.76. The van der Waals surface area contributed by atoms with E-state index in [1.54, 1.807) is 25.1 Å². The van der Waals surface area contributed by atoms with Crippen molar-refractivity contribution in [2.75, 3.05) is 6.61 Å². The highest BCUT2D eigenvalue weighted by molar-refractivity contribution is 9.10. The van der Waals surface area contributed by atoms with Crippen LogP contribution in [-0.2, 0) is 21.7 Å². The average molecular weight is 519 g/mol. The zero-order chi connectivity index (χ0) is 22.9. The van der Waals surface area contributed by atoms with Crippen molar-refractivity contribution in [1.29, 1.82) is 0 Å². The van der Waals surface area contributed by atoms with Gasteiger partial charge in [0.2, 0.25) is 5.88 Å². The number of rotatable bonds is 6. The number of carbonyl (C=O) groups is 1. The van der Waals surface area contributed by atoms with Crippen molar-refractivity contribution in [3.05, 3.63) is 93.3 Å². The summed E-state index contributed by atoms with van der Waals surface area (Å²) < 4.78 is 31.6. The number of hydrogen-bond donors (Lipinski definition) is 0. The fourth-order valence-electron chi connectivity index (χ4n) is 3.47. The van der Waals surface area contributed by atoms with E-state index in [1.807, 2.05) is 30.3 Å². The lowest BCUT2D eigenvalue weighted by atomic mass is 9.88. The molecule has 0 unspecified atom stereocenters. The quantitative estimate of drug-likeness (QED) is 0.292. The van der Waals surface area contributed by atoms with Crippen molar-refractivity contribution in [3.8, 4) is 11.6 Å². The van der Waals surface area contributed by atoms with Crippen LogP contribution in [0.15, 0.2) is 65.6 Å². The van der Waals surface area contributed by atoms with Gasteiger partial charge in [-0.1, -0.05) is 54.6 Å². The van der Waals surface area contributed by atoms with Gasteiger partial charge in [0.05, 0.1) is 16.1 Å². The van der Waals surface area contributed by atoms with Crippen LogP contribution in [0, 0.1) is 5.82 Å². The number of nitrogens with zero attached hydrogens (tertiary/aromatic N) is 1. The van der Waals surface area contributed by atoms with Crippen LogP contribution in [0.5, 0.6) is 11.6 Å². The minimum Gasteiger partial charge on any atom is -0.473 e. The number of aromatic nitrogens is 1. The van der Waals surface area contributed by atoms with E-state index < -0.39 is 17.4 Å². The van der Waals surface area contributed by atoms with Crippen molar-refractivity contribution < 1.29 is 23.4 Å². The molecule has 5 nitrogen and oxygen atoms in total. The maximum absolute atomic E-state index is 14.3. The van der Waals surface area contributed by atoms with Crippen LogP contribution in [0.1, 0.15) is 23.7 Å². The second-order valence-corrected chi connectivity index (χ2v) is 8.15. The Morgan fingerprint density at radius 1 is 1.25 bits per heavy atom. The fourth-order valence-corrected chi connectivity index (χ4v) is 4.24. The molecule has 4 rings (SSSR count). The van der Waals surface area contributed by atoms with Crippen LogP contribution in [0.2, 0.25) is 5.02 Å². The van der Waals surface area contributed by atoms with Crippen LogP contribution >= 0.6 is 27.5 Å². The van der Waals surface area contributed by atoms with Gasteiger partial charge in [-0.2, -0.15) is 0 Å². The number of halogens is 3. The third kappa shape index (κ3) is 3.76. The van der Waals surface area contributed by atoms with E-state index in [0.29, 0.717) is 5.56 Å². The van der Waals surface area contributed by atoms with Gasteiger partial charge in [-0.3, -0.25) is 0 Å². The molecule has 8 heteroatoms. The van der Waals surface area contributed by atoms with Crippen LogP contribution < -0.4 is 9.47 Å². The van der Waals surface area contributed by atoms with E-state index in [0.717, 1.165) is 11.6 Å². The third-order valence-electron chi connectivity index (χ3n) is 4.99. The van der Waals surface area contributed by atoms with Crippen molar-refractivity contribution in [2.24, 2.45) is 0 Å². The normalized spacial score (nSPS) is 16.9. The first kappa shape index (κ1) is 22.3. The van der Waals surface area contributed by atoms with Gasteiger partial charge in [-0.15, -0.1) is 0 Å². The van der Waals surface area contributed by atoms with E-state index in [4.69, 9.17) is 25.8 Å². The standard InChI is InChI=1S/C24H18BrClFNO4/c1-3-30-23(29)24(14(2)20-17(32-24)12-16(27)22(26)21(20)25)18-10-7-11-19(28-18)31-13-15-8-5-4-6-9-15/h4-12H,2-3,13H2,1H3/t24-/m0/s1. The smallest absolute Gasteiger partial charge is 0.361 e. The molecule has 0 radical (unpaired) electrons. The fraction of sp³-hybridized carbons (Fsp3) is 0.167. The molecule has 1 aliphatic heterocycles. The summed E-state index contributed by atoms with van der Waals surface area (Å²) in [5.41, 5.74) is -0.0485. The first-order chi connectivity index (χ1) is 15.4. The minimum atomic E-state index is -1.82. The predicted octanol–water partition coefficient (Wildman–Crippen LogP) is 6.08. The van der Waals surface area contributed by atoms with Crippen molar-refractivity contribution in [3.63, 3.8) is 0 Å². The Morgan fingerprint density at radius 2 is 2.00 bits per heavy atom. The Hall–Kier alpha value is -2.90. The van der Waals surface area contributed by atoms with Crippen molar-refractivity contribution in [1.82, 2.24) is 4.98 Å². The van der Waals surface area contributed by atoms with Crippen LogP contribution in [-0.4, -0.2) is 17.6 Å². The molecule has 1 aliphatic rings. The Labute approximate surface area is 197 Å². The molecule has 0 aliphatic carbocycles. The van der Waals surface area contributed by atoms with Gasteiger partial charge in [0.25, 0.3) is 5.60 Å². The highest BCUT2D eigenvalue weighted by Crippen LogP contribution is 2.54. The lowest BCUT2D eigenvalue weighted by molar-refractivity contribution is -0.156. The lowest BCUT2D eigenvalue weighted by Gasteiger charge is -2.27. The van der Waals surface area contributed by atoms with Gasteiger partial charge in [0.15, 0.2) is 0 Å². The number of ether oxygens (including phenoxy) is 3. The topological polar surface area (TPSA) is 57.7 Å². The zero-order valence-electron chi connectivity index (χ0n) is 17.0. The molecule has 0 saturated heterocycles. The number of fused-ring (bicyclic) bond motifs is 1. The number of benzene rings is 2. The number of carbonyl (C=O) groups excluding carboxylic acids is 1. The maximum atomic E-state index is 14.3. The highest BCUT2D eigenvalue weighted by Gasteiger charge is 2.55. The van der Waals surface area contributed by atoms with Gasteiger partial charge in [0, 0.05) is 23.3 Å². The number of hydrogen-bond acceptors (Lipinski definition) is 5. The SMILES string of the molecule is C=C1c2c(cc(F)c(Cl)c2Br)O[C@]1(C(=O)OCC)c1cccc(OCc2ccccc2)n1. The van der Waals surface area contributed by atoms with Crippen LogP contribution in [0.3, 0.4) is 0 Å². The average Bonchev–Trinajstić information content (AvgIpc) is 3.10. The first-order valence-corrected chi connectivity index (χ1v) is 10.9. The van der Waals surface area contributed by atoms with Crippen LogP contribution in [0.4, 0.5) is 4.39 Å². The van der Waals surface area contributed by atoms with Gasteiger partial charge in [-0.05, 0) is 34.5 Å². The Bertz CT molecular complexity index is 1200. The summed E-state index contributed by atoms with van der Waals surface area (Å²) in [5, 5.41) is -0.138. The van der Waals surface area contributed by atoms with Crippen LogP contribution in [0.25, 0.3) is 5.57 Å². The summed E-state index contributed by atoms with van der Waals surface area (Å²) in [6.07, 6.45) is 0. The molecule has 3 aromatic rings. The summed E-state index contributed by atoms with van der Waals surface area (Å²) >= 11 is 9.35. The molecule has 1 aromatic heterocycles. The van der Waals surface area contributed by atoms with E-state index in [2.05, 4.69) is 27.5 Å². The van der Waals surface area contributed by atoms with E-state index in [1.165, 1.54) is 0 Å². The predicted molar refractivity (Wildman–Crippen MR) is 122 cm³/mol. The summed E-state index contributed by atoms with van der Waals surface area (Å²) in [7, 11) is 0. The lowest BCUT2D eigenvalue weighted by Crippen LogP contribution is -2.41. The van der Waals surface area contributed by atoms with E-state index in [9.17, 15) is 9.18 Å². The second-order valence-electron chi connectivity index (χ2n) is 6.98. The molecule has 0 spiro atoms. The number of esters is 1. The van der Waals surface area contributed by atoms with Crippen molar-refractivity contribution >= 4 is 39.1 Å². The molecule has 0 saturated carbocycles. The molecule has 32 heavy (non-hydrogen) atoms. The second kappa shape index (κ2) is 8.92. The molecule has 0 fully saturated rings. The summed E-state index contributed by atoms with van der Waals surface area (Å²) in [6.45, 7) is 6.14. The Kier molecular flexibility index (Phi) is 6.22. The molecule has 0 N–H and O–H groups in total. The maximum Gasteiger partial charge on any atom is 0.361 e. The van der Waals surface area contributed by atoms with E-state index >= 15 is 0 Å². The monoisotopic (exact) mass is 517 g/mol. The van der Waals surface area contributed by atoms with Gasteiger partial charge in [-0.25, -0.2) is 14.2 Å². The Morgan fingerprint density at radius 3 is 2.72 bits per heavy atom. The summed E-state index contributed by atoms with van der Waals surface area (Å²) in [6, 6.07) is 15.7. The molecule has 1 atom stereocenters. The van der Waals surface area contributed by atoms with E-state index in [-0.39, 0.29) is 45.6 Å². The van der Waals surface area contributed by atoms with Gasteiger partial charge < -0.3 is 14.2 Å². The Balaban J connectivity index is 1.76. The minimum absolute atomic E-state index is 0.105. The van der Waals surface area contributed by atoms with Crippen molar-refractivity contribution in [2.45, 2.75) is 19.1 Å². The zero-order valence-corrected chi connectivity index (χ0v) is 19.4. The number of pyridine rings is 1. The molecule has 164 valence electrons. The largest absolute Gasteiger partial charge is 0.473 e. The summed E-state index contributed by atoms with van der Waals surface area (Å²) in [5.74, 6) is -1.03. The van der Waals surface area contributed by atoms with Gasteiger partial charge >= 0.3 is 5.97 Å². The molecule has 0 bridgehead atoms. The molecular formula is C24H18BrClFNO4. The third-order valence-corrected chi connectivity index (χ3v) is 6.38. The van der Waals surface area contributed by atoms with Gasteiger partial charge in [0.1, 0.15) is 23.9 Å². The molecule has 2 heterocycles. The molecule has 2 aromatic carbocycles. The molecule has 0 amide bonds. The molecular weight excluding hydrogens is 501 g/mol.